The lowest BCUT2D eigenvalue weighted by Gasteiger charge is -2.25. The van der Waals surface area contributed by atoms with Gasteiger partial charge in [-0.3, -0.25) is 9.59 Å². The van der Waals surface area contributed by atoms with E-state index in [2.05, 4.69) is 0 Å². The highest BCUT2D eigenvalue weighted by Crippen LogP contribution is 2.37. The third kappa shape index (κ3) is 2.99. The molecule has 0 aromatic rings. The first-order valence-electron chi connectivity index (χ1n) is 6.69. The number of carboxylic acid groups (broad SMARTS) is 1. The lowest BCUT2D eigenvalue weighted by atomic mass is 9.94. The number of thioether (sulfide) groups is 1. The lowest BCUT2D eigenvalue weighted by Crippen LogP contribution is -2.40. The molecule has 5 heteroatoms. The molecule has 1 heterocycles. The molecule has 3 unspecified atom stereocenters. The van der Waals surface area contributed by atoms with E-state index in [4.69, 9.17) is 0 Å². The fourth-order valence-electron chi connectivity index (χ4n) is 3.04. The van der Waals surface area contributed by atoms with Crippen molar-refractivity contribution in [1.82, 2.24) is 4.90 Å². The predicted octanol–water partition coefficient (Wildman–Crippen LogP) is 1.70. The summed E-state index contributed by atoms with van der Waals surface area (Å²) in [5, 5.41) is 9.23. The van der Waals surface area contributed by atoms with Crippen LogP contribution in [-0.4, -0.2) is 46.5 Å². The minimum atomic E-state index is -0.804. The second-order valence-corrected chi connectivity index (χ2v) is 6.64. The smallest absolute Gasteiger partial charge is 0.307 e. The first kappa shape index (κ1) is 13.7. The van der Waals surface area contributed by atoms with E-state index in [-0.39, 0.29) is 11.8 Å². The molecule has 3 atom stereocenters. The number of hydrogen-bond donors (Lipinski definition) is 1. The topological polar surface area (TPSA) is 57.6 Å². The number of carbonyl (C=O) groups excluding carboxylic acids is 1. The van der Waals surface area contributed by atoms with Gasteiger partial charge in [-0.05, 0) is 30.9 Å². The molecule has 0 aromatic carbocycles. The molecule has 2 aliphatic rings. The number of amides is 1. The Morgan fingerprint density at radius 3 is 2.61 bits per heavy atom. The molecule has 0 radical (unpaired) electrons. The first-order chi connectivity index (χ1) is 8.59. The minimum Gasteiger partial charge on any atom is -0.481 e. The van der Waals surface area contributed by atoms with Crippen LogP contribution in [0.25, 0.3) is 0 Å². The van der Waals surface area contributed by atoms with Gasteiger partial charge in [-0.15, -0.1) is 0 Å². The molecule has 18 heavy (non-hydrogen) atoms. The summed E-state index contributed by atoms with van der Waals surface area (Å²) in [5.41, 5.74) is 0. The van der Waals surface area contributed by atoms with Crippen molar-refractivity contribution in [3.8, 4) is 0 Å². The molecule has 1 aliphatic carbocycles. The van der Waals surface area contributed by atoms with Crippen molar-refractivity contribution in [1.29, 1.82) is 0 Å². The van der Waals surface area contributed by atoms with Gasteiger partial charge in [0.15, 0.2) is 0 Å². The Balaban J connectivity index is 2.04. The fourth-order valence-corrected chi connectivity index (χ4v) is 3.93. The lowest BCUT2D eigenvalue weighted by molar-refractivity contribution is -0.149. The zero-order valence-corrected chi connectivity index (χ0v) is 11.6. The van der Waals surface area contributed by atoms with Crippen molar-refractivity contribution >= 4 is 23.6 Å². The molecule has 0 spiro atoms. The summed E-state index contributed by atoms with van der Waals surface area (Å²) in [7, 11) is 0. The van der Waals surface area contributed by atoms with E-state index in [1.807, 2.05) is 23.6 Å². The van der Waals surface area contributed by atoms with Gasteiger partial charge in [-0.2, -0.15) is 11.8 Å². The van der Waals surface area contributed by atoms with E-state index < -0.39 is 11.9 Å². The molecular formula is C13H21NO3S. The van der Waals surface area contributed by atoms with E-state index in [0.29, 0.717) is 12.3 Å². The van der Waals surface area contributed by atoms with Gasteiger partial charge in [-0.1, -0.05) is 6.92 Å². The second-order valence-electron chi connectivity index (χ2n) is 5.42. The van der Waals surface area contributed by atoms with Crippen LogP contribution < -0.4 is 0 Å². The maximum absolute atomic E-state index is 12.5. The number of carbonyl (C=O) groups is 2. The van der Waals surface area contributed by atoms with Crippen molar-refractivity contribution in [2.75, 3.05) is 24.6 Å². The summed E-state index contributed by atoms with van der Waals surface area (Å²) in [6, 6.07) is 0. The molecule has 2 rings (SSSR count). The van der Waals surface area contributed by atoms with Crippen LogP contribution in [0.3, 0.4) is 0 Å². The van der Waals surface area contributed by atoms with Gasteiger partial charge >= 0.3 is 5.97 Å². The van der Waals surface area contributed by atoms with E-state index in [1.54, 1.807) is 0 Å². The Morgan fingerprint density at radius 1 is 1.17 bits per heavy atom. The van der Waals surface area contributed by atoms with Crippen LogP contribution in [0.1, 0.15) is 26.2 Å². The average Bonchev–Trinajstić information content (AvgIpc) is 2.56. The number of rotatable bonds is 2. The van der Waals surface area contributed by atoms with Crippen LogP contribution in [0.4, 0.5) is 0 Å². The maximum Gasteiger partial charge on any atom is 0.307 e. The molecule has 1 saturated carbocycles. The van der Waals surface area contributed by atoms with Crippen LogP contribution in [0.5, 0.6) is 0 Å². The third-order valence-corrected chi connectivity index (χ3v) is 5.02. The van der Waals surface area contributed by atoms with E-state index in [9.17, 15) is 14.7 Å². The van der Waals surface area contributed by atoms with Gasteiger partial charge < -0.3 is 10.0 Å². The van der Waals surface area contributed by atoms with Crippen molar-refractivity contribution in [3.63, 3.8) is 0 Å². The fraction of sp³-hybridized carbons (Fsp3) is 0.846. The summed E-state index contributed by atoms with van der Waals surface area (Å²) < 4.78 is 0. The SMILES string of the molecule is CC1CC(C(=O)O)C(C(=O)N2CCCSCC2)C1. The Morgan fingerprint density at radius 2 is 1.89 bits per heavy atom. The van der Waals surface area contributed by atoms with Crippen molar-refractivity contribution in [2.24, 2.45) is 17.8 Å². The molecule has 4 nitrogen and oxygen atoms in total. The Labute approximate surface area is 112 Å². The van der Waals surface area contributed by atoms with E-state index in [1.165, 1.54) is 0 Å². The standard InChI is InChI=1S/C13H21NO3S/c1-9-7-10(11(8-9)13(16)17)12(15)14-3-2-5-18-6-4-14/h9-11H,2-8H2,1H3,(H,16,17). The minimum absolute atomic E-state index is 0.0780. The normalized spacial score (nSPS) is 33.2. The summed E-state index contributed by atoms with van der Waals surface area (Å²) in [4.78, 5) is 25.6. The van der Waals surface area contributed by atoms with Gasteiger partial charge in [0.05, 0.1) is 11.8 Å². The molecule has 1 amide bonds. The van der Waals surface area contributed by atoms with Crippen LogP contribution in [0, 0.1) is 17.8 Å². The van der Waals surface area contributed by atoms with E-state index >= 15 is 0 Å². The van der Waals surface area contributed by atoms with Gasteiger partial charge in [0.2, 0.25) is 5.91 Å². The van der Waals surface area contributed by atoms with Crippen molar-refractivity contribution < 1.29 is 14.7 Å². The predicted molar refractivity (Wildman–Crippen MR) is 71.5 cm³/mol. The number of nitrogens with zero attached hydrogens (tertiary/aromatic N) is 1. The molecule has 2 fully saturated rings. The number of aliphatic carboxylic acids is 1. The highest BCUT2D eigenvalue weighted by Gasteiger charge is 2.42. The van der Waals surface area contributed by atoms with Crippen molar-refractivity contribution in [3.05, 3.63) is 0 Å². The monoisotopic (exact) mass is 271 g/mol. The first-order valence-corrected chi connectivity index (χ1v) is 7.84. The number of hydrogen-bond acceptors (Lipinski definition) is 3. The van der Waals surface area contributed by atoms with Gasteiger partial charge in [-0.25, -0.2) is 0 Å². The highest BCUT2D eigenvalue weighted by molar-refractivity contribution is 7.99. The largest absolute Gasteiger partial charge is 0.481 e. The molecule has 1 N–H and O–H groups in total. The average molecular weight is 271 g/mol. The molecule has 1 saturated heterocycles. The second kappa shape index (κ2) is 5.95. The zero-order valence-electron chi connectivity index (χ0n) is 10.8. The summed E-state index contributed by atoms with van der Waals surface area (Å²) in [5.74, 6) is 0.945. The Kier molecular flexibility index (Phi) is 4.54. The molecule has 102 valence electrons. The third-order valence-electron chi connectivity index (χ3n) is 3.97. The quantitative estimate of drug-likeness (QED) is 0.830. The van der Waals surface area contributed by atoms with Gasteiger partial charge in [0, 0.05) is 18.8 Å². The summed E-state index contributed by atoms with van der Waals surface area (Å²) in [6.45, 7) is 3.62. The van der Waals surface area contributed by atoms with Crippen LogP contribution >= 0.6 is 11.8 Å². The Bertz CT molecular complexity index is 326. The summed E-state index contributed by atoms with van der Waals surface area (Å²) >= 11 is 1.88. The van der Waals surface area contributed by atoms with E-state index in [0.717, 1.165) is 37.4 Å². The molecule has 0 aromatic heterocycles. The maximum atomic E-state index is 12.5. The van der Waals surface area contributed by atoms with Gasteiger partial charge in [0.1, 0.15) is 0 Å². The highest BCUT2D eigenvalue weighted by atomic mass is 32.2. The molecular weight excluding hydrogens is 250 g/mol. The molecule has 1 aliphatic heterocycles. The molecule has 0 bridgehead atoms. The van der Waals surface area contributed by atoms with Crippen LogP contribution in [-0.2, 0) is 9.59 Å². The summed E-state index contributed by atoms with van der Waals surface area (Å²) in [6.07, 6.45) is 2.41. The Hall–Kier alpha value is -0.710. The number of carboxylic acids is 1. The zero-order chi connectivity index (χ0) is 13.1. The van der Waals surface area contributed by atoms with Crippen LogP contribution in [0.2, 0.25) is 0 Å². The van der Waals surface area contributed by atoms with Crippen LogP contribution in [0.15, 0.2) is 0 Å². The van der Waals surface area contributed by atoms with Crippen molar-refractivity contribution in [2.45, 2.75) is 26.2 Å². The van der Waals surface area contributed by atoms with Gasteiger partial charge in [0.25, 0.3) is 0 Å².